The van der Waals surface area contributed by atoms with Crippen molar-refractivity contribution >= 4 is 47.3 Å². The van der Waals surface area contributed by atoms with Crippen LogP contribution in [0.1, 0.15) is 0 Å². The number of imide groups is 1. The maximum Gasteiger partial charge on any atom is 0.415 e. The fraction of sp³-hybridized carbons (Fsp3) is 0.500. The molecule has 0 atom stereocenters. The Morgan fingerprint density at radius 3 is 2.38 bits per heavy atom. The lowest BCUT2D eigenvalue weighted by molar-refractivity contribution is 0.158. The van der Waals surface area contributed by atoms with E-state index in [1.165, 1.54) is 0 Å². The van der Waals surface area contributed by atoms with Crippen LogP contribution in [0.2, 0.25) is 0 Å². The standard InChI is InChI=1S/C4H5Cl2FN2O3S/c1-9(3(11)12)2(10)8-13-4(5,6)7/h1H3,(H,8,10)(H,11,12). The third kappa shape index (κ3) is 5.78. The molecule has 0 rings (SSSR count). The predicted octanol–water partition coefficient (Wildman–Crippen LogP) is 2.01. The van der Waals surface area contributed by atoms with E-state index in [9.17, 15) is 14.0 Å². The summed E-state index contributed by atoms with van der Waals surface area (Å²) in [6.07, 6.45) is -1.48. The van der Waals surface area contributed by atoms with Gasteiger partial charge in [-0.15, -0.1) is 0 Å². The summed E-state index contributed by atoms with van der Waals surface area (Å²) in [6.45, 7) is 0. The van der Waals surface area contributed by atoms with Crippen molar-refractivity contribution in [2.24, 2.45) is 0 Å². The second-order valence-electron chi connectivity index (χ2n) is 1.80. The summed E-state index contributed by atoms with van der Waals surface area (Å²) in [5.74, 6) is 0. The molecule has 0 saturated heterocycles. The second kappa shape index (κ2) is 4.73. The minimum atomic E-state index is -2.69. The zero-order valence-electron chi connectivity index (χ0n) is 6.25. The van der Waals surface area contributed by atoms with Gasteiger partial charge >= 0.3 is 16.0 Å². The van der Waals surface area contributed by atoms with Crippen molar-refractivity contribution in [3.05, 3.63) is 0 Å². The summed E-state index contributed by atoms with van der Waals surface area (Å²) in [5, 5.41) is 8.28. The van der Waals surface area contributed by atoms with Crippen LogP contribution in [0.3, 0.4) is 0 Å². The molecule has 0 unspecified atom stereocenters. The average Bonchev–Trinajstić information content (AvgIpc) is 1.97. The number of nitrogens with zero attached hydrogens (tertiary/aromatic N) is 1. The molecular weight excluding hydrogens is 246 g/mol. The number of amides is 3. The molecule has 0 bridgehead atoms. The van der Waals surface area contributed by atoms with Crippen molar-refractivity contribution in [3.8, 4) is 0 Å². The van der Waals surface area contributed by atoms with E-state index in [2.05, 4.69) is 0 Å². The molecule has 13 heavy (non-hydrogen) atoms. The van der Waals surface area contributed by atoms with Crippen molar-refractivity contribution in [3.63, 3.8) is 0 Å². The first-order chi connectivity index (χ1) is 5.74. The van der Waals surface area contributed by atoms with Crippen molar-refractivity contribution in [1.29, 1.82) is 0 Å². The van der Waals surface area contributed by atoms with Gasteiger partial charge in [-0.2, -0.15) is 4.39 Å². The van der Waals surface area contributed by atoms with E-state index in [1.807, 2.05) is 0 Å². The third-order valence-electron chi connectivity index (χ3n) is 0.846. The number of carbonyl (C=O) groups excluding carboxylic acids is 1. The Labute approximate surface area is 87.3 Å². The van der Waals surface area contributed by atoms with Crippen LogP contribution in [0.15, 0.2) is 0 Å². The molecule has 0 heterocycles. The Bertz CT molecular complexity index is 222. The van der Waals surface area contributed by atoms with Gasteiger partial charge < -0.3 is 5.11 Å². The first-order valence-electron chi connectivity index (χ1n) is 2.75. The minimum Gasteiger partial charge on any atom is -0.465 e. The maximum absolute atomic E-state index is 12.3. The maximum atomic E-state index is 12.3. The molecule has 5 nitrogen and oxygen atoms in total. The fourth-order valence-electron chi connectivity index (χ4n) is 0.257. The number of nitrogens with one attached hydrogen (secondary N) is 1. The first-order valence-corrected chi connectivity index (χ1v) is 4.32. The predicted molar refractivity (Wildman–Crippen MR) is 47.5 cm³/mol. The van der Waals surface area contributed by atoms with E-state index in [4.69, 9.17) is 28.3 Å². The van der Waals surface area contributed by atoms with Crippen LogP contribution in [0.5, 0.6) is 0 Å². The number of urea groups is 1. The Kier molecular flexibility index (Phi) is 4.58. The summed E-state index contributed by atoms with van der Waals surface area (Å²) in [7, 11) is 0.987. The summed E-state index contributed by atoms with van der Waals surface area (Å²) in [5.41, 5.74) is 0. The lowest BCUT2D eigenvalue weighted by Crippen LogP contribution is -2.38. The summed E-state index contributed by atoms with van der Waals surface area (Å²) >= 11 is 9.73. The van der Waals surface area contributed by atoms with Crippen molar-refractivity contribution in [2.45, 2.75) is 3.92 Å². The van der Waals surface area contributed by atoms with Crippen LogP contribution in [0.4, 0.5) is 14.0 Å². The SMILES string of the molecule is CN(C(=O)O)C(=O)NSC(F)(Cl)Cl. The van der Waals surface area contributed by atoms with Crippen LogP contribution in [-0.4, -0.2) is 33.1 Å². The summed E-state index contributed by atoms with van der Waals surface area (Å²) < 4.78 is 11.4. The number of hydrogen-bond donors (Lipinski definition) is 2. The van der Waals surface area contributed by atoms with Gasteiger partial charge in [-0.25, -0.2) is 14.5 Å². The fourth-order valence-corrected chi connectivity index (χ4v) is 0.828. The highest BCUT2D eigenvalue weighted by Gasteiger charge is 2.26. The number of hydrogen-bond acceptors (Lipinski definition) is 3. The molecule has 0 radical (unpaired) electrons. The monoisotopic (exact) mass is 250 g/mol. The van der Waals surface area contributed by atoms with E-state index in [0.717, 1.165) is 7.05 Å². The number of rotatable bonds is 2. The van der Waals surface area contributed by atoms with Crippen LogP contribution < -0.4 is 4.72 Å². The molecule has 2 N–H and O–H groups in total. The van der Waals surface area contributed by atoms with Gasteiger partial charge in [-0.3, -0.25) is 4.72 Å². The van der Waals surface area contributed by atoms with Crippen LogP contribution in [0, 0.1) is 0 Å². The highest BCUT2D eigenvalue weighted by molar-refractivity contribution is 8.01. The van der Waals surface area contributed by atoms with E-state index in [-0.39, 0.29) is 11.9 Å². The number of alkyl halides is 3. The van der Waals surface area contributed by atoms with Gasteiger partial charge in [-0.1, -0.05) is 23.2 Å². The highest BCUT2D eigenvalue weighted by atomic mass is 35.5. The molecule has 0 aromatic heterocycles. The highest BCUT2D eigenvalue weighted by Crippen LogP contribution is 2.33. The normalized spacial score (nSPS) is 10.8. The lowest BCUT2D eigenvalue weighted by atomic mass is 10.8. The topological polar surface area (TPSA) is 69.6 Å². The molecule has 76 valence electrons. The van der Waals surface area contributed by atoms with Crippen molar-refractivity contribution in [1.82, 2.24) is 9.62 Å². The van der Waals surface area contributed by atoms with Gasteiger partial charge in [0, 0.05) is 19.0 Å². The molecule has 0 aromatic carbocycles. The molecule has 3 amide bonds. The third-order valence-corrected chi connectivity index (χ3v) is 1.82. The van der Waals surface area contributed by atoms with Gasteiger partial charge in [0.2, 0.25) is 0 Å². The largest absolute Gasteiger partial charge is 0.465 e. The Balaban J connectivity index is 3.96. The van der Waals surface area contributed by atoms with Gasteiger partial charge in [0.25, 0.3) is 0 Å². The van der Waals surface area contributed by atoms with Crippen LogP contribution >= 0.6 is 35.1 Å². The van der Waals surface area contributed by atoms with Crippen molar-refractivity contribution in [2.75, 3.05) is 7.05 Å². The molecule has 0 aliphatic carbocycles. The number of carbonyl (C=O) groups is 2. The molecule has 0 fully saturated rings. The summed E-state index contributed by atoms with van der Waals surface area (Å²) in [4.78, 5) is 21.2. The molecule has 0 aromatic rings. The zero-order chi connectivity index (χ0) is 10.6. The Hall–Kier alpha value is -0.400. The van der Waals surface area contributed by atoms with Crippen LogP contribution in [-0.2, 0) is 0 Å². The van der Waals surface area contributed by atoms with E-state index < -0.39 is 16.0 Å². The average molecular weight is 251 g/mol. The minimum absolute atomic E-state index is 0.0471. The zero-order valence-corrected chi connectivity index (χ0v) is 8.58. The first kappa shape index (κ1) is 12.6. The smallest absolute Gasteiger partial charge is 0.415 e. The van der Waals surface area contributed by atoms with E-state index in [0.29, 0.717) is 4.90 Å². The molecular formula is C4H5Cl2FN2O3S. The van der Waals surface area contributed by atoms with Crippen molar-refractivity contribution < 1.29 is 19.1 Å². The van der Waals surface area contributed by atoms with Gasteiger partial charge in [0.1, 0.15) is 0 Å². The number of carboxylic acid groups (broad SMARTS) is 1. The molecule has 0 saturated carbocycles. The Morgan fingerprint density at radius 1 is 1.62 bits per heavy atom. The molecule has 0 aliphatic rings. The van der Waals surface area contributed by atoms with E-state index in [1.54, 1.807) is 4.72 Å². The number of halogens is 3. The Morgan fingerprint density at radius 2 is 2.08 bits per heavy atom. The molecule has 0 spiro atoms. The lowest BCUT2D eigenvalue weighted by Gasteiger charge is -2.13. The quantitative estimate of drug-likeness (QED) is 0.581. The van der Waals surface area contributed by atoms with Gasteiger partial charge in [-0.05, 0) is 0 Å². The van der Waals surface area contributed by atoms with Gasteiger partial charge in [0.15, 0.2) is 0 Å². The summed E-state index contributed by atoms with van der Waals surface area (Å²) in [6, 6.07) is -1.04. The van der Waals surface area contributed by atoms with Gasteiger partial charge in [0.05, 0.1) is 0 Å². The van der Waals surface area contributed by atoms with Crippen LogP contribution in [0.25, 0.3) is 0 Å². The van der Waals surface area contributed by atoms with E-state index >= 15 is 0 Å². The molecule has 9 heteroatoms. The second-order valence-corrected chi connectivity index (χ2v) is 4.45. The molecule has 0 aliphatic heterocycles.